The lowest BCUT2D eigenvalue weighted by atomic mass is 10.1. The zero-order chi connectivity index (χ0) is 32.6. The average Bonchev–Trinajstić information content (AvgIpc) is 3.42. The number of nitrogens with zero attached hydrogens (tertiary/aromatic N) is 6. The Balaban J connectivity index is 1.21. The molecular weight excluding hydrogens is 615 g/mol. The van der Waals surface area contributed by atoms with Crippen molar-refractivity contribution in [3.63, 3.8) is 0 Å². The van der Waals surface area contributed by atoms with E-state index in [9.17, 15) is 17.6 Å². The smallest absolute Gasteiger partial charge is 0.338 e. The number of carbonyl (C=O) groups is 1. The number of sulfone groups is 1. The van der Waals surface area contributed by atoms with E-state index >= 15 is 0 Å². The second-order valence-corrected chi connectivity index (χ2v) is 14.6. The molecule has 6 rings (SSSR count). The van der Waals surface area contributed by atoms with Crippen molar-refractivity contribution in [1.29, 1.82) is 0 Å². The van der Waals surface area contributed by atoms with Gasteiger partial charge in [-0.25, -0.2) is 27.6 Å². The number of fused-ring (bicyclic) bond motifs is 2. The van der Waals surface area contributed by atoms with Crippen LogP contribution < -0.4 is 15.0 Å². The molecule has 0 atom stereocenters. The first-order valence-corrected chi connectivity index (χ1v) is 16.1. The molecule has 3 aromatic heterocycles. The minimum Gasteiger partial charge on any atom is -0.491 e. The summed E-state index contributed by atoms with van der Waals surface area (Å²) in [7, 11) is -3.84. The van der Waals surface area contributed by atoms with Crippen molar-refractivity contribution in [1.82, 2.24) is 30.0 Å². The monoisotopic (exact) mass is 648 g/mol. The summed E-state index contributed by atoms with van der Waals surface area (Å²) in [4.78, 5) is 28.1. The Hall–Kier alpha value is -4.89. The second kappa shape index (κ2) is 12.1. The molecule has 0 unspecified atom stereocenters. The maximum atomic E-state index is 14.0. The molecule has 0 saturated carbocycles. The highest BCUT2D eigenvalue weighted by atomic mass is 32.2. The zero-order valence-corrected chi connectivity index (χ0v) is 26.3. The molecule has 1 aliphatic rings. The normalized spacial score (nSPS) is 14.6. The molecule has 0 radical (unpaired) electrons. The third-order valence-corrected chi connectivity index (χ3v) is 10.4. The van der Waals surface area contributed by atoms with E-state index < -0.39 is 26.4 Å². The fourth-order valence-corrected chi connectivity index (χ4v) is 6.49. The topological polar surface area (TPSA) is 167 Å². The number of hydrogen-bond acceptors (Lipinski definition) is 11. The first kappa shape index (κ1) is 31.1. The van der Waals surface area contributed by atoms with Crippen LogP contribution in [0.15, 0.2) is 59.9 Å². The van der Waals surface area contributed by atoms with E-state index in [1.807, 2.05) is 4.90 Å². The van der Waals surface area contributed by atoms with Gasteiger partial charge in [0, 0.05) is 68.2 Å². The summed E-state index contributed by atoms with van der Waals surface area (Å²) in [6, 6.07) is 9.24. The lowest BCUT2D eigenvalue weighted by Crippen LogP contribution is -2.48. The van der Waals surface area contributed by atoms with Crippen molar-refractivity contribution in [2.75, 3.05) is 49.5 Å². The standard InChI is InChI=1S/C31H33FN8O5S/c1-31(2,3)46(43,44)27-15-21-23(36-28-22-14-20(32)4-5-24(22)37-38-28)6-7-33-25(21)16-26(27)45-13-12-39-8-10-40(11-9-39)30-34-17-19(18-35-30)29(41)42/h4-7,14-18H,8-13H2,1-3H3,(H,41,42)(H2,33,36,37,38). The van der Waals surface area contributed by atoms with E-state index in [0.717, 1.165) is 0 Å². The Morgan fingerprint density at radius 2 is 1.78 bits per heavy atom. The lowest BCUT2D eigenvalue weighted by molar-refractivity contribution is 0.0696. The van der Waals surface area contributed by atoms with Crippen molar-refractivity contribution < 1.29 is 27.4 Å². The fraction of sp³-hybridized carbons (Fsp3) is 0.323. The van der Waals surface area contributed by atoms with Gasteiger partial charge in [0.25, 0.3) is 0 Å². The third-order valence-electron chi connectivity index (χ3n) is 7.89. The van der Waals surface area contributed by atoms with E-state index in [1.54, 1.807) is 51.2 Å². The maximum Gasteiger partial charge on any atom is 0.338 e. The maximum absolute atomic E-state index is 14.0. The van der Waals surface area contributed by atoms with E-state index in [0.29, 0.717) is 72.0 Å². The molecule has 0 amide bonds. The fourth-order valence-electron chi connectivity index (χ4n) is 5.18. The van der Waals surface area contributed by atoms with Crippen molar-refractivity contribution >= 4 is 55.1 Å². The minimum absolute atomic E-state index is 0.0340. The Morgan fingerprint density at radius 1 is 1.04 bits per heavy atom. The number of nitrogens with one attached hydrogen (secondary N) is 2. The van der Waals surface area contributed by atoms with E-state index in [1.165, 1.54) is 24.5 Å². The molecule has 240 valence electrons. The third kappa shape index (κ3) is 6.15. The summed E-state index contributed by atoms with van der Waals surface area (Å²) in [6.45, 7) is 8.39. The highest BCUT2D eigenvalue weighted by Crippen LogP contribution is 2.38. The van der Waals surface area contributed by atoms with Gasteiger partial charge in [-0.3, -0.25) is 15.0 Å². The summed E-state index contributed by atoms with van der Waals surface area (Å²) in [5.41, 5.74) is 1.75. The molecule has 1 aliphatic heterocycles. The van der Waals surface area contributed by atoms with E-state index in [-0.39, 0.29) is 22.8 Å². The molecule has 0 spiro atoms. The second-order valence-electron chi connectivity index (χ2n) is 11.9. The summed E-state index contributed by atoms with van der Waals surface area (Å²) >= 11 is 0. The number of ether oxygens (including phenoxy) is 1. The van der Waals surface area contributed by atoms with Crippen LogP contribution in [0.1, 0.15) is 31.1 Å². The molecule has 1 fully saturated rings. The van der Waals surface area contributed by atoms with Crippen molar-refractivity contribution in [2.45, 2.75) is 30.4 Å². The molecule has 2 aromatic carbocycles. The van der Waals surface area contributed by atoms with Crippen LogP contribution in [0.5, 0.6) is 5.75 Å². The summed E-state index contributed by atoms with van der Waals surface area (Å²) in [5, 5.41) is 20.5. The molecule has 4 heterocycles. The molecule has 46 heavy (non-hydrogen) atoms. The van der Waals surface area contributed by atoms with Gasteiger partial charge in [0.15, 0.2) is 15.7 Å². The first-order valence-electron chi connectivity index (χ1n) is 14.6. The number of anilines is 3. The van der Waals surface area contributed by atoms with Crippen LogP contribution in [0.2, 0.25) is 0 Å². The number of aromatic amines is 1. The Bertz CT molecular complexity index is 2020. The van der Waals surface area contributed by atoms with Crippen LogP contribution in [-0.4, -0.2) is 93.6 Å². The predicted molar refractivity (Wildman–Crippen MR) is 171 cm³/mol. The van der Waals surface area contributed by atoms with Gasteiger partial charge in [-0.2, -0.15) is 5.10 Å². The predicted octanol–water partition coefficient (Wildman–Crippen LogP) is 4.26. The molecule has 5 aromatic rings. The minimum atomic E-state index is -3.84. The van der Waals surface area contributed by atoms with Gasteiger partial charge in [-0.05, 0) is 51.1 Å². The number of piperazine rings is 1. The Kier molecular flexibility index (Phi) is 8.20. The van der Waals surface area contributed by atoms with Gasteiger partial charge < -0.3 is 20.1 Å². The number of pyridine rings is 1. The molecule has 0 bridgehead atoms. The molecular formula is C31H33FN8O5S. The number of carboxylic acid groups (broad SMARTS) is 1. The summed E-state index contributed by atoms with van der Waals surface area (Å²) in [5.74, 6) is -0.394. The zero-order valence-electron chi connectivity index (χ0n) is 25.5. The number of rotatable bonds is 9. The van der Waals surface area contributed by atoms with E-state index in [2.05, 4.69) is 35.4 Å². The van der Waals surface area contributed by atoms with Crippen molar-refractivity contribution in [3.8, 4) is 5.75 Å². The van der Waals surface area contributed by atoms with Crippen LogP contribution in [0.25, 0.3) is 21.8 Å². The molecule has 1 saturated heterocycles. The highest BCUT2D eigenvalue weighted by Gasteiger charge is 2.34. The largest absolute Gasteiger partial charge is 0.491 e. The summed E-state index contributed by atoms with van der Waals surface area (Å²) < 4.78 is 46.7. The molecule has 15 heteroatoms. The van der Waals surface area contributed by atoms with Gasteiger partial charge in [0.2, 0.25) is 5.95 Å². The average molecular weight is 649 g/mol. The number of aromatic carboxylic acids is 1. The van der Waals surface area contributed by atoms with Crippen LogP contribution in [0.3, 0.4) is 0 Å². The first-order chi connectivity index (χ1) is 21.9. The van der Waals surface area contributed by atoms with Gasteiger partial charge in [0.1, 0.15) is 23.1 Å². The molecule has 13 nitrogen and oxygen atoms in total. The van der Waals surface area contributed by atoms with E-state index in [4.69, 9.17) is 9.84 Å². The van der Waals surface area contributed by atoms with Gasteiger partial charge in [-0.15, -0.1) is 0 Å². The molecule has 0 aliphatic carbocycles. The van der Waals surface area contributed by atoms with Gasteiger partial charge in [-0.1, -0.05) is 0 Å². The number of benzene rings is 2. The Labute approximate surface area is 264 Å². The Morgan fingerprint density at radius 3 is 2.48 bits per heavy atom. The number of carboxylic acids is 1. The van der Waals surface area contributed by atoms with Crippen LogP contribution in [0, 0.1) is 5.82 Å². The summed E-state index contributed by atoms with van der Waals surface area (Å²) in [6.07, 6.45) is 4.19. The van der Waals surface area contributed by atoms with Crippen LogP contribution in [-0.2, 0) is 9.84 Å². The van der Waals surface area contributed by atoms with Gasteiger partial charge >= 0.3 is 5.97 Å². The van der Waals surface area contributed by atoms with Crippen LogP contribution in [0.4, 0.5) is 21.8 Å². The van der Waals surface area contributed by atoms with Crippen molar-refractivity contribution in [2.24, 2.45) is 0 Å². The number of H-pyrrole nitrogens is 1. The highest BCUT2D eigenvalue weighted by molar-refractivity contribution is 7.92. The van der Waals surface area contributed by atoms with Crippen molar-refractivity contribution in [3.05, 3.63) is 66.4 Å². The van der Waals surface area contributed by atoms with Gasteiger partial charge in [0.05, 0.1) is 27.0 Å². The lowest BCUT2D eigenvalue weighted by Gasteiger charge is -2.34. The molecule has 3 N–H and O–H groups in total. The van der Waals surface area contributed by atoms with Crippen LogP contribution >= 0.6 is 0 Å². The number of hydrogen-bond donors (Lipinski definition) is 3. The SMILES string of the molecule is CC(C)(C)S(=O)(=O)c1cc2c(Nc3n[nH]c4ccc(F)cc34)ccnc2cc1OCCN1CCN(c2ncc(C(=O)O)cn2)CC1. The quantitative estimate of drug-likeness (QED) is 0.208. The number of halogens is 1. The number of aromatic nitrogens is 5.